The smallest absolute Gasteiger partial charge is 0.176 e. The standard InChI is InChI=1S/C13H20N2O/c1-8-7-10(12-11(16-12)9(8)2)13(3,14-4)15(5)6/h7,14H,1-6H3. The van der Waals surface area contributed by atoms with Crippen molar-refractivity contribution in [3.05, 3.63) is 22.8 Å². The summed E-state index contributed by atoms with van der Waals surface area (Å²) >= 11 is 0. The molecule has 2 rings (SSSR count). The molecule has 1 N–H and O–H groups in total. The molecule has 3 nitrogen and oxygen atoms in total. The lowest BCUT2D eigenvalue weighted by Gasteiger charge is -2.36. The van der Waals surface area contributed by atoms with E-state index in [-0.39, 0.29) is 5.66 Å². The zero-order chi connectivity index (χ0) is 12.1. The van der Waals surface area contributed by atoms with Crippen molar-refractivity contribution in [2.75, 3.05) is 21.1 Å². The summed E-state index contributed by atoms with van der Waals surface area (Å²) in [7, 11) is 6.12. The lowest BCUT2D eigenvalue weighted by molar-refractivity contribution is 0.138. The highest BCUT2D eigenvalue weighted by Gasteiger charge is 2.38. The molecule has 0 amide bonds. The highest BCUT2D eigenvalue weighted by atomic mass is 16.6. The Morgan fingerprint density at radius 3 is 2.38 bits per heavy atom. The topological polar surface area (TPSA) is 27.8 Å². The van der Waals surface area contributed by atoms with Gasteiger partial charge in [0.2, 0.25) is 0 Å². The SMILES string of the molecule is CNC(C)(c1cc(C)c(C)c2c1O2)N(C)C. The molecule has 0 saturated heterocycles. The molecular formula is C13H20N2O. The van der Waals surface area contributed by atoms with Crippen LogP contribution in [0.4, 0.5) is 0 Å². The van der Waals surface area contributed by atoms with Crippen molar-refractivity contribution in [1.29, 1.82) is 0 Å². The van der Waals surface area contributed by atoms with Crippen molar-refractivity contribution >= 4 is 0 Å². The summed E-state index contributed by atoms with van der Waals surface area (Å²) in [4.78, 5) is 2.17. The van der Waals surface area contributed by atoms with E-state index in [4.69, 9.17) is 4.74 Å². The van der Waals surface area contributed by atoms with Crippen molar-refractivity contribution < 1.29 is 4.74 Å². The van der Waals surface area contributed by atoms with E-state index in [0.29, 0.717) is 0 Å². The van der Waals surface area contributed by atoms with Gasteiger partial charge in [-0.05, 0) is 59.1 Å². The molecule has 16 heavy (non-hydrogen) atoms. The van der Waals surface area contributed by atoms with Crippen LogP contribution in [0.3, 0.4) is 0 Å². The van der Waals surface area contributed by atoms with Gasteiger partial charge in [0.15, 0.2) is 11.5 Å². The van der Waals surface area contributed by atoms with Gasteiger partial charge in [0.05, 0.1) is 5.66 Å². The number of ether oxygens (including phenoxy) is 1. The van der Waals surface area contributed by atoms with Crippen LogP contribution in [-0.2, 0) is 5.66 Å². The number of hydrogen-bond acceptors (Lipinski definition) is 3. The van der Waals surface area contributed by atoms with E-state index in [0.717, 1.165) is 11.5 Å². The molecule has 1 aliphatic heterocycles. The molecule has 0 spiro atoms. The normalized spacial score (nSPS) is 16.7. The first kappa shape index (κ1) is 11.4. The molecule has 0 fully saturated rings. The second-order valence-electron chi connectivity index (χ2n) is 4.84. The van der Waals surface area contributed by atoms with Gasteiger partial charge in [0, 0.05) is 5.56 Å². The molecule has 1 unspecified atom stereocenters. The predicted molar refractivity (Wildman–Crippen MR) is 66.1 cm³/mol. The first-order valence-corrected chi connectivity index (χ1v) is 5.60. The third kappa shape index (κ3) is 1.43. The first-order chi connectivity index (χ1) is 7.41. The van der Waals surface area contributed by atoms with E-state index in [1.165, 1.54) is 16.7 Å². The monoisotopic (exact) mass is 220 g/mol. The lowest BCUT2D eigenvalue weighted by Crippen LogP contribution is -2.48. The van der Waals surface area contributed by atoms with Crippen LogP contribution < -0.4 is 10.1 Å². The van der Waals surface area contributed by atoms with E-state index in [1.807, 2.05) is 7.05 Å². The Labute approximate surface area is 97.4 Å². The third-order valence-corrected chi connectivity index (χ3v) is 3.81. The number of fused-ring (bicyclic) bond motifs is 1. The summed E-state index contributed by atoms with van der Waals surface area (Å²) in [5.41, 5.74) is 3.59. The Hall–Kier alpha value is -1.06. The molecule has 1 aromatic rings. The Morgan fingerprint density at radius 2 is 1.88 bits per heavy atom. The number of benzene rings is 1. The Bertz CT molecular complexity index is 436. The minimum absolute atomic E-state index is 0.182. The molecular weight excluding hydrogens is 200 g/mol. The minimum atomic E-state index is -0.182. The van der Waals surface area contributed by atoms with Gasteiger partial charge in [-0.25, -0.2) is 0 Å². The predicted octanol–water partition coefficient (Wildman–Crippen LogP) is 2.36. The number of rotatable bonds is 3. The highest BCUT2D eigenvalue weighted by molar-refractivity contribution is 5.67. The second-order valence-corrected chi connectivity index (χ2v) is 4.84. The average Bonchev–Trinajstić information content (AvgIpc) is 3.02. The number of nitrogens with one attached hydrogen (secondary N) is 1. The summed E-state index contributed by atoms with van der Waals surface area (Å²) in [5.74, 6) is 2.12. The Morgan fingerprint density at radius 1 is 1.25 bits per heavy atom. The summed E-state index contributed by atoms with van der Waals surface area (Å²) in [6.07, 6.45) is 0. The van der Waals surface area contributed by atoms with Crippen molar-refractivity contribution in [2.24, 2.45) is 0 Å². The fraction of sp³-hybridized carbons (Fsp3) is 0.538. The van der Waals surface area contributed by atoms with Crippen LogP contribution in [0.1, 0.15) is 23.6 Å². The highest BCUT2D eigenvalue weighted by Crippen LogP contribution is 2.54. The number of aryl methyl sites for hydroxylation is 1. The fourth-order valence-corrected chi connectivity index (χ4v) is 2.03. The van der Waals surface area contributed by atoms with Gasteiger partial charge in [-0.2, -0.15) is 0 Å². The minimum Gasteiger partial charge on any atom is -0.449 e. The molecule has 1 aliphatic rings. The van der Waals surface area contributed by atoms with Crippen LogP contribution in [0.25, 0.3) is 0 Å². The van der Waals surface area contributed by atoms with Crippen molar-refractivity contribution in [2.45, 2.75) is 26.4 Å². The molecule has 88 valence electrons. The molecule has 0 radical (unpaired) electrons. The van der Waals surface area contributed by atoms with Crippen LogP contribution in [-0.4, -0.2) is 26.0 Å². The van der Waals surface area contributed by atoms with Crippen molar-refractivity contribution in [3.63, 3.8) is 0 Å². The van der Waals surface area contributed by atoms with Gasteiger partial charge in [0.25, 0.3) is 0 Å². The first-order valence-electron chi connectivity index (χ1n) is 5.60. The van der Waals surface area contributed by atoms with Crippen molar-refractivity contribution in [1.82, 2.24) is 10.2 Å². The Balaban J connectivity index is 2.54. The molecule has 1 heterocycles. The van der Waals surface area contributed by atoms with Gasteiger partial charge < -0.3 is 4.74 Å². The molecule has 0 saturated carbocycles. The van der Waals surface area contributed by atoms with Crippen molar-refractivity contribution in [3.8, 4) is 11.5 Å². The van der Waals surface area contributed by atoms with Crippen LogP contribution in [0.5, 0.6) is 11.5 Å². The summed E-state index contributed by atoms with van der Waals surface area (Å²) < 4.78 is 5.61. The molecule has 0 aliphatic carbocycles. The van der Waals surface area contributed by atoms with Crippen LogP contribution in [0.15, 0.2) is 6.07 Å². The fourth-order valence-electron chi connectivity index (χ4n) is 2.03. The van der Waals surface area contributed by atoms with E-state index in [1.54, 1.807) is 0 Å². The van der Waals surface area contributed by atoms with E-state index in [2.05, 4.69) is 51.1 Å². The Kier molecular flexibility index (Phi) is 2.48. The number of hydrogen-bond donors (Lipinski definition) is 1. The third-order valence-electron chi connectivity index (χ3n) is 3.81. The average molecular weight is 220 g/mol. The van der Waals surface area contributed by atoms with Crippen LogP contribution in [0, 0.1) is 13.8 Å². The lowest BCUT2D eigenvalue weighted by atomic mass is 9.96. The van der Waals surface area contributed by atoms with Gasteiger partial charge in [-0.15, -0.1) is 0 Å². The van der Waals surface area contributed by atoms with Crippen LogP contribution >= 0.6 is 0 Å². The number of nitrogens with zero attached hydrogens (tertiary/aromatic N) is 1. The molecule has 1 aromatic carbocycles. The molecule has 3 heteroatoms. The zero-order valence-electron chi connectivity index (χ0n) is 10.9. The summed E-state index contributed by atoms with van der Waals surface area (Å²) in [5, 5.41) is 3.36. The maximum absolute atomic E-state index is 5.61. The second kappa shape index (κ2) is 3.47. The van der Waals surface area contributed by atoms with Gasteiger partial charge in [-0.3, -0.25) is 10.2 Å². The summed E-state index contributed by atoms with van der Waals surface area (Å²) in [6.45, 7) is 6.41. The maximum atomic E-state index is 5.61. The zero-order valence-corrected chi connectivity index (χ0v) is 10.9. The van der Waals surface area contributed by atoms with E-state index in [9.17, 15) is 0 Å². The molecule has 0 bridgehead atoms. The molecule has 0 aromatic heterocycles. The quantitative estimate of drug-likeness (QED) is 0.635. The van der Waals surface area contributed by atoms with E-state index < -0.39 is 0 Å². The van der Waals surface area contributed by atoms with Gasteiger partial charge >= 0.3 is 0 Å². The van der Waals surface area contributed by atoms with Gasteiger partial charge in [0.1, 0.15) is 0 Å². The summed E-state index contributed by atoms with van der Waals surface area (Å²) in [6, 6.07) is 2.22. The maximum Gasteiger partial charge on any atom is 0.176 e. The van der Waals surface area contributed by atoms with Crippen LogP contribution in [0.2, 0.25) is 0 Å². The van der Waals surface area contributed by atoms with E-state index >= 15 is 0 Å². The largest absolute Gasteiger partial charge is 0.449 e. The van der Waals surface area contributed by atoms with Gasteiger partial charge in [-0.1, -0.05) is 0 Å². The molecule has 1 atom stereocenters.